The lowest BCUT2D eigenvalue weighted by molar-refractivity contribution is 0.125. The monoisotopic (exact) mass is 260 g/mol. The average Bonchev–Trinajstić information content (AvgIpc) is 2.09. The third-order valence-corrected chi connectivity index (χ3v) is 2.95. The highest BCUT2D eigenvalue weighted by atomic mass is 79.9. The summed E-state index contributed by atoms with van der Waals surface area (Å²) < 4.78 is 13.5. The van der Waals surface area contributed by atoms with Crippen LogP contribution in [-0.4, -0.2) is 11.2 Å². The van der Waals surface area contributed by atoms with Crippen molar-refractivity contribution in [1.82, 2.24) is 0 Å². The van der Waals surface area contributed by atoms with E-state index < -0.39 is 0 Å². The van der Waals surface area contributed by atoms with Crippen molar-refractivity contribution in [2.45, 2.75) is 26.4 Å². The van der Waals surface area contributed by atoms with Gasteiger partial charge in [0.05, 0.1) is 6.10 Å². The smallest absolute Gasteiger partial charge is 0.124 e. The second-order valence-electron chi connectivity index (χ2n) is 3.75. The molecule has 14 heavy (non-hydrogen) atoms. The average molecular weight is 261 g/mol. The van der Waals surface area contributed by atoms with Crippen molar-refractivity contribution in [3.63, 3.8) is 0 Å². The van der Waals surface area contributed by atoms with Crippen molar-refractivity contribution < 1.29 is 9.50 Å². The fraction of sp³-hybridized carbons (Fsp3) is 0.455. The molecule has 1 rings (SSSR count). The van der Waals surface area contributed by atoms with Gasteiger partial charge in [0.2, 0.25) is 0 Å². The summed E-state index contributed by atoms with van der Waals surface area (Å²) in [7, 11) is 0. The molecule has 3 heteroatoms. The van der Waals surface area contributed by atoms with E-state index in [0.717, 1.165) is 10.0 Å². The van der Waals surface area contributed by atoms with E-state index in [0.29, 0.717) is 6.42 Å². The molecule has 0 aromatic heterocycles. The maximum atomic E-state index is 12.8. The topological polar surface area (TPSA) is 20.2 Å². The molecular formula is C11H14BrFO. The fourth-order valence-electron chi connectivity index (χ4n) is 1.15. The number of rotatable bonds is 3. The molecule has 0 saturated carbocycles. The van der Waals surface area contributed by atoms with Gasteiger partial charge in [0.1, 0.15) is 5.82 Å². The number of halogens is 2. The molecule has 1 aromatic carbocycles. The molecule has 0 radical (unpaired) electrons. The van der Waals surface area contributed by atoms with Crippen LogP contribution in [0, 0.1) is 11.7 Å². The number of hydrogen-bond acceptors (Lipinski definition) is 1. The molecule has 0 aliphatic heterocycles. The van der Waals surface area contributed by atoms with Crippen LogP contribution in [-0.2, 0) is 6.42 Å². The first kappa shape index (κ1) is 11.7. The van der Waals surface area contributed by atoms with Crippen LogP contribution in [0.1, 0.15) is 19.4 Å². The Morgan fingerprint density at radius 3 is 2.57 bits per heavy atom. The molecule has 0 bridgehead atoms. The summed E-state index contributed by atoms with van der Waals surface area (Å²) >= 11 is 3.27. The van der Waals surface area contributed by atoms with Crippen LogP contribution in [0.3, 0.4) is 0 Å². The van der Waals surface area contributed by atoms with E-state index in [-0.39, 0.29) is 17.8 Å². The summed E-state index contributed by atoms with van der Waals surface area (Å²) in [4.78, 5) is 0. The predicted molar refractivity (Wildman–Crippen MR) is 58.6 cm³/mol. The molecule has 1 N–H and O–H groups in total. The highest BCUT2D eigenvalue weighted by Gasteiger charge is 2.12. The molecule has 78 valence electrons. The van der Waals surface area contributed by atoms with Crippen molar-refractivity contribution in [3.05, 3.63) is 34.1 Å². The SMILES string of the molecule is CC(C)C(O)Cc1ccc(F)cc1Br. The van der Waals surface area contributed by atoms with Gasteiger partial charge in [-0.05, 0) is 30.0 Å². The minimum atomic E-state index is -0.378. The largest absolute Gasteiger partial charge is 0.393 e. The maximum absolute atomic E-state index is 12.8. The zero-order valence-corrected chi connectivity index (χ0v) is 9.88. The lowest BCUT2D eigenvalue weighted by Crippen LogP contribution is -2.17. The summed E-state index contributed by atoms with van der Waals surface area (Å²) in [6.45, 7) is 3.92. The molecule has 0 heterocycles. The molecule has 0 spiro atoms. The van der Waals surface area contributed by atoms with E-state index in [1.807, 2.05) is 13.8 Å². The van der Waals surface area contributed by atoms with Crippen LogP contribution in [0.15, 0.2) is 22.7 Å². The summed E-state index contributed by atoms with van der Waals surface area (Å²) in [5.41, 5.74) is 0.938. The summed E-state index contributed by atoms with van der Waals surface area (Å²) in [6.07, 6.45) is 0.176. The van der Waals surface area contributed by atoms with Gasteiger partial charge in [-0.25, -0.2) is 4.39 Å². The van der Waals surface area contributed by atoms with Crippen LogP contribution in [0.5, 0.6) is 0 Å². The van der Waals surface area contributed by atoms with Gasteiger partial charge < -0.3 is 5.11 Å². The van der Waals surface area contributed by atoms with Crippen LogP contribution < -0.4 is 0 Å². The minimum Gasteiger partial charge on any atom is -0.393 e. The Bertz CT molecular complexity index is 312. The number of aliphatic hydroxyl groups is 1. The first-order chi connectivity index (χ1) is 6.50. The number of hydrogen-bond donors (Lipinski definition) is 1. The van der Waals surface area contributed by atoms with E-state index in [1.54, 1.807) is 6.07 Å². The zero-order valence-electron chi connectivity index (χ0n) is 8.30. The van der Waals surface area contributed by atoms with E-state index in [4.69, 9.17) is 0 Å². The van der Waals surface area contributed by atoms with E-state index in [2.05, 4.69) is 15.9 Å². The first-order valence-electron chi connectivity index (χ1n) is 4.62. The third-order valence-electron chi connectivity index (χ3n) is 2.21. The molecule has 0 aliphatic rings. The Balaban J connectivity index is 2.77. The first-order valence-corrected chi connectivity index (χ1v) is 5.42. The summed E-state index contributed by atoms with van der Waals surface area (Å²) in [5, 5.41) is 9.66. The lowest BCUT2D eigenvalue weighted by Gasteiger charge is -2.15. The zero-order chi connectivity index (χ0) is 10.7. The second-order valence-corrected chi connectivity index (χ2v) is 4.61. The van der Waals surface area contributed by atoms with Gasteiger partial charge in [-0.2, -0.15) is 0 Å². The van der Waals surface area contributed by atoms with Crippen molar-refractivity contribution in [1.29, 1.82) is 0 Å². The standard InChI is InChI=1S/C11H14BrFO/c1-7(2)11(14)5-8-3-4-9(13)6-10(8)12/h3-4,6-7,11,14H,5H2,1-2H3. The maximum Gasteiger partial charge on any atom is 0.124 e. The van der Waals surface area contributed by atoms with Gasteiger partial charge >= 0.3 is 0 Å². The molecule has 0 fully saturated rings. The van der Waals surface area contributed by atoms with E-state index in [1.165, 1.54) is 12.1 Å². The van der Waals surface area contributed by atoms with Crippen LogP contribution in [0.25, 0.3) is 0 Å². The highest BCUT2D eigenvalue weighted by molar-refractivity contribution is 9.10. The van der Waals surface area contributed by atoms with Crippen LogP contribution in [0.4, 0.5) is 4.39 Å². The van der Waals surface area contributed by atoms with Gasteiger partial charge in [-0.15, -0.1) is 0 Å². The molecule has 0 saturated heterocycles. The molecule has 1 atom stereocenters. The van der Waals surface area contributed by atoms with Crippen molar-refractivity contribution in [2.24, 2.45) is 5.92 Å². The molecule has 0 aliphatic carbocycles. The van der Waals surface area contributed by atoms with Crippen LogP contribution >= 0.6 is 15.9 Å². The number of aliphatic hydroxyl groups excluding tert-OH is 1. The van der Waals surface area contributed by atoms with Gasteiger partial charge in [-0.3, -0.25) is 0 Å². The van der Waals surface area contributed by atoms with Crippen molar-refractivity contribution in [3.8, 4) is 0 Å². The highest BCUT2D eigenvalue weighted by Crippen LogP contribution is 2.21. The molecule has 1 unspecified atom stereocenters. The molecule has 0 amide bonds. The molecule has 1 nitrogen and oxygen atoms in total. The third kappa shape index (κ3) is 3.07. The van der Waals surface area contributed by atoms with Crippen molar-refractivity contribution in [2.75, 3.05) is 0 Å². The number of benzene rings is 1. The van der Waals surface area contributed by atoms with E-state index in [9.17, 15) is 9.50 Å². The Morgan fingerprint density at radius 1 is 1.43 bits per heavy atom. The van der Waals surface area contributed by atoms with Gasteiger partial charge in [-0.1, -0.05) is 35.8 Å². The fourth-order valence-corrected chi connectivity index (χ4v) is 1.66. The minimum absolute atomic E-state index is 0.215. The van der Waals surface area contributed by atoms with Crippen LogP contribution in [0.2, 0.25) is 0 Å². The van der Waals surface area contributed by atoms with Gasteiger partial charge in [0, 0.05) is 4.47 Å². The van der Waals surface area contributed by atoms with E-state index >= 15 is 0 Å². The normalized spacial score (nSPS) is 13.3. The molecular weight excluding hydrogens is 247 g/mol. The Kier molecular flexibility index (Phi) is 4.08. The second kappa shape index (κ2) is 4.89. The summed E-state index contributed by atoms with van der Waals surface area (Å²) in [5.74, 6) is -0.0494. The molecule has 1 aromatic rings. The Labute approximate surface area is 92.1 Å². The lowest BCUT2D eigenvalue weighted by atomic mass is 9.99. The predicted octanol–water partition coefficient (Wildman–Crippen LogP) is 3.15. The Morgan fingerprint density at radius 2 is 2.07 bits per heavy atom. The van der Waals surface area contributed by atoms with Gasteiger partial charge in [0.15, 0.2) is 0 Å². The van der Waals surface area contributed by atoms with Gasteiger partial charge in [0.25, 0.3) is 0 Å². The Hall–Kier alpha value is -0.410. The quantitative estimate of drug-likeness (QED) is 0.886. The summed E-state index contributed by atoms with van der Waals surface area (Å²) in [6, 6.07) is 4.53. The van der Waals surface area contributed by atoms with Crippen molar-refractivity contribution >= 4 is 15.9 Å².